The molecule has 0 aliphatic heterocycles. The van der Waals surface area contributed by atoms with Gasteiger partial charge < -0.3 is 4.74 Å². The van der Waals surface area contributed by atoms with E-state index >= 15 is 0 Å². The fourth-order valence-electron chi connectivity index (χ4n) is 3.13. The molecule has 0 amide bonds. The van der Waals surface area contributed by atoms with Gasteiger partial charge in [-0.25, -0.2) is 22.0 Å². The molecule has 0 saturated carbocycles. The summed E-state index contributed by atoms with van der Waals surface area (Å²) in [6.45, 7) is 5.37. The Bertz CT molecular complexity index is 1120. The quantitative estimate of drug-likeness (QED) is 0.219. The summed E-state index contributed by atoms with van der Waals surface area (Å²) < 4.78 is 78.1. The van der Waals surface area contributed by atoms with E-state index in [4.69, 9.17) is 4.74 Å². The topological polar surface area (TPSA) is 9.23 Å². The molecular weight excluding hydrogens is 399 g/mol. The maximum absolute atomic E-state index is 14.7. The first kappa shape index (κ1) is 21.6. The minimum atomic E-state index is -1.68. The fraction of sp³-hybridized carbons (Fsp3) is 0.167. The van der Waals surface area contributed by atoms with Crippen molar-refractivity contribution in [2.75, 3.05) is 6.61 Å². The molecule has 0 bridgehead atoms. The van der Waals surface area contributed by atoms with Crippen molar-refractivity contribution in [1.82, 2.24) is 0 Å². The number of aryl methyl sites for hydroxylation is 1. The van der Waals surface area contributed by atoms with Crippen molar-refractivity contribution in [2.24, 2.45) is 0 Å². The van der Waals surface area contributed by atoms with Crippen LogP contribution in [0.2, 0.25) is 0 Å². The minimum Gasteiger partial charge on any atom is -0.486 e. The van der Waals surface area contributed by atoms with Gasteiger partial charge in [-0.2, -0.15) is 0 Å². The van der Waals surface area contributed by atoms with Crippen LogP contribution in [0.5, 0.6) is 5.75 Å². The molecule has 0 fully saturated rings. The van der Waals surface area contributed by atoms with Crippen molar-refractivity contribution in [3.05, 3.63) is 89.3 Å². The van der Waals surface area contributed by atoms with Crippen LogP contribution in [0.4, 0.5) is 22.0 Å². The molecule has 3 aromatic carbocycles. The van der Waals surface area contributed by atoms with Crippen LogP contribution in [-0.2, 0) is 6.42 Å². The van der Waals surface area contributed by atoms with Crippen LogP contribution in [0.15, 0.2) is 55.1 Å². The van der Waals surface area contributed by atoms with Gasteiger partial charge in [-0.05, 0) is 29.5 Å². The monoisotopic (exact) mass is 418 g/mol. The molecule has 0 unspecified atom stereocenters. The predicted octanol–water partition coefficient (Wildman–Crippen LogP) is 7.54. The normalized spacial score (nSPS) is 12.1. The molecule has 0 saturated heterocycles. The van der Waals surface area contributed by atoms with E-state index in [0.717, 1.165) is 24.5 Å². The SMILES string of the molecule is C=CCOc1ccc2cc(C(F)=C(F)c3ccc(CCC)cc3)c(F)c(F)c2c1F. The Morgan fingerprint density at radius 3 is 2.27 bits per heavy atom. The second-order valence-electron chi connectivity index (χ2n) is 6.70. The number of rotatable bonds is 7. The number of halogens is 5. The summed E-state index contributed by atoms with van der Waals surface area (Å²) in [6, 6.07) is 9.34. The highest BCUT2D eigenvalue weighted by atomic mass is 19.2. The maximum atomic E-state index is 14.7. The summed E-state index contributed by atoms with van der Waals surface area (Å²) in [7, 11) is 0. The van der Waals surface area contributed by atoms with Crippen molar-refractivity contribution in [3.8, 4) is 5.75 Å². The Labute approximate surface area is 171 Å². The second-order valence-corrected chi connectivity index (χ2v) is 6.70. The summed E-state index contributed by atoms with van der Waals surface area (Å²) in [6.07, 6.45) is 3.04. The Morgan fingerprint density at radius 1 is 0.933 bits per heavy atom. The van der Waals surface area contributed by atoms with Crippen molar-refractivity contribution in [3.63, 3.8) is 0 Å². The fourth-order valence-corrected chi connectivity index (χ4v) is 3.13. The largest absolute Gasteiger partial charge is 0.486 e. The molecule has 3 rings (SSSR count). The number of ether oxygens (including phenoxy) is 1. The van der Waals surface area contributed by atoms with Gasteiger partial charge >= 0.3 is 0 Å². The Balaban J connectivity index is 2.09. The lowest BCUT2D eigenvalue weighted by molar-refractivity contribution is 0.343. The van der Waals surface area contributed by atoms with Crippen molar-refractivity contribution in [2.45, 2.75) is 19.8 Å². The number of hydrogen-bond acceptors (Lipinski definition) is 1. The van der Waals surface area contributed by atoms with Gasteiger partial charge in [-0.1, -0.05) is 56.3 Å². The molecule has 6 heteroatoms. The zero-order chi connectivity index (χ0) is 21.8. The predicted molar refractivity (Wildman–Crippen MR) is 109 cm³/mol. The zero-order valence-corrected chi connectivity index (χ0v) is 16.2. The highest BCUT2D eigenvalue weighted by Gasteiger charge is 2.23. The number of benzene rings is 3. The molecule has 156 valence electrons. The van der Waals surface area contributed by atoms with E-state index in [1.165, 1.54) is 30.3 Å². The van der Waals surface area contributed by atoms with Gasteiger partial charge in [0.15, 0.2) is 34.9 Å². The van der Waals surface area contributed by atoms with Crippen LogP contribution in [0.1, 0.15) is 30.0 Å². The van der Waals surface area contributed by atoms with Gasteiger partial charge in [0.2, 0.25) is 0 Å². The Hall–Kier alpha value is -3.15. The average Bonchev–Trinajstić information content (AvgIpc) is 2.75. The van der Waals surface area contributed by atoms with Crippen LogP contribution < -0.4 is 4.74 Å². The van der Waals surface area contributed by atoms with Gasteiger partial charge in [0.25, 0.3) is 0 Å². The lowest BCUT2D eigenvalue weighted by atomic mass is 10.0. The maximum Gasteiger partial charge on any atom is 0.175 e. The van der Waals surface area contributed by atoms with Crippen LogP contribution in [0.25, 0.3) is 22.4 Å². The van der Waals surface area contributed by atoms with E-state index in [9.17, 15) is 22.0 Å². The lowest BCUT2D eigenvalue weighted by Gasteiger charge is -2.11. The molecule has 0 aliphatic carbocycles. The first-order valence-electron chi connectivity index (χ1n) is 9.37. The van der Waals surface area contributed by atoms with Crippen LogP contribution in [0.3, 0.4) is 0 Å². The first-order valence-corrected chi connectivity index (χ1v) is 9.37. The molecule has 0 radical (unpaired) electrons. The molecule has 1 nitrogen and oxygen atoms in total. The van der Waals surface area contributed by atoms with Gasteiger partial charge in [0.1, 0.15) is 6.61 Å². The summed E-state index contributed by atoms with van der Waals surface area (Å²) in [4.78, 5) is 0. The molecule has 0 aliphatic rings. The third kappa shape index (κ3) is 4.08. The van der Waals surface area contributed by atoms with E-state index in [1.54, 1.807) is 12.1 Å². The van der Waals surface area contributed by atoms with E-state index in [0.29, 0.717) is 0 Å². The van der Waals surface area contributed by atoms with E-state index in [2.05, 4.69) is 6.58 Å². The van der Waals surface area contributed by atoms with E-state index < -0.39 is 40.1 Å². The smallest absolute Gasteiger partial charge is 0.175 e. The highest BCUT2D eigenvalue weighted by Crippen LogP contribution is 2.36. The van der Waals surface area contributed by atoms with Crippen LogP contribution >= 0.6 is 0 Å². The minimum absolute atomic E-state index is 0.0375. The van der Waals surface area contributed by atoms with Gasteiger partial charge in [0, 0.05) is 5.56 Å². The highest BCUT2D eigenvalue weighted by molar-refractivity contribution is 5.91. The molecule has 0 heterocycles. The van der Waals surface area contributed by atoms with Crippen molar-refractivity contribution < 1.29 is 26.7 Å². The standard InChI is InChI=1S/C24H19F5O/c1-3-5-14-6-8-15(9-7-14)20(25)21(26)17-13-16-10-11-18(30-12-4-2)23(28)19(16)24(29)22(17)27/h4,6-11,13H,2-3,5,12H2,1H3. The van der Waals surface area contributed by atoms with Gasteiger partial charge in [-0.3, -0.25) is 0 Å². The third-order valence-corrected chi connectivity index (χ3v) is 4.62. The molecule has 0 spiro atoms. The number of hydrogen-bond donors (Lipinski definition) is 0. The summed E-state index contributed by atoms with van der Waals surface area (Å²) in [5, 5.41) is -0.830. The molecule has 3 aromatic rings. The molecule has 0 aromatic heterocycles. The Kier molecular flexibility index (Phi) is 6.55. The first-order chi connectivity index (χ1) is 14.4. The molecule has 30 heavy (non-hydrogen) atoms. The second kappa shape index (κ2) is 9.11. The Morgan fingerprint density at radius 2 is 1.63 bits per heavy atom. The van der Waals surface area contributed by atoms with Gasteiger partial charge in [-0.15, -0.1) is 0 Å². The van der Waals surface area contributed by atoms with E-state index in [-0.39, 0.29) is 23.3 Å². The third-order valence-electron chi connectivity index (χ3n) is 4.62. The summed E-state index contributed by atoms with van der Waals surface area (Å²) in [5.74, 6) is -7.63. The van der Waals surface area contributed by atoms with Crippen molar-refractivity contribution >= 4 is 22.4 Å². The number of fused-ring (bicyclic) bond motifs is 1. The molecule has 0 atom stereocenters. The zero-order valence-electron chi connectivity index (χ0n) is 16.2. The average molecular weight is 418 g/mol. The molecule has 0 N–H and O–H groups in total. The van der Waals surface area contributed by atoms with E-state index in [1.807, 2.05) is 6.92 Å². The van der Waals surface area contributed by atoms with Crippen LogP contribution in [-0.4, -0.2) is 6.61 Å². The summed E-state index contributed by atoms with van der Waals surface area (Å²) >= 11 is 0. The summed E-state index contributed by atoms with van der Waals surface area (Å²) in [5.41, 5.74) is -0.0803. The lowest BCUT2D eigenvalue weighted by Crippen LogP contribution is -2.00. The van der Waals surface area contributed by atoms with Crippen molar-refractivity contribution in [1.29, 1.82) is 0 Å². The van der Waals surface area contributed by atoms with Crippen LogP contribution in [0, 0.1) is 17.5 Å². The van der Waals surface area contributed by atoms with Gasteiger partial charge in [0.05, 0.1) is 10.9 Å². The molecular formula is C24H19F5O.